The van der Waals surface area contributed by atoms with Crippen LogP contribution in [0.3, 0.4) is 0 Å². The fourth-order valence-electron chi connectivity index (χ4n) is 2.69. The summed E-state index contributed by atoms with van der Waals surface area (Å²) >= 11 is 6.04. The molecule has 0 fully saturated rings. The van der Waals surface area contributed by atoms with E-state index in [1.54, 1.807) is 12.1 Å². The minimum absolute atomic E-state index is 0.0170. The smallest absolute Gasteiger partial charge is 0.261 e. The molecule has 0 heterocycles. The predicted molar refractivity (Wildman–Crippen MR) is 126 cm³/mol. The van der Waals surface area contributed by atoms with E-state index in [0.717, 1.165) is 11.8 Å². The zero-order valence-electron chi connectivity index (χ0n) is 17.1. The van der Waals surface area contributed by atoms with E-state index >= 15 is 0 Å². The van der Waals surface area contributed by atoms with E-state index < -0.39 is 26.0 Å². The molecule has 32 heavy (non-hydrogen) atoms. The Labute approximate surface area is 191 Å². The lowest BCUT2D eigenvalue weighted by Gasteiger charge is -2.11. The molecule has 1 amide bonds. The molecular weight excluding hydrogens is 474 g/mol. The third-order valence-corrected chi connectivity index (χ3v) is 6.71. The number of hydrogen-bond acceptors (Lipinski definition) is 5. The second-order valence-corrected chi connectivity index (χ2v) is 10.8. The zero-order valence-corrected chi connectivity index (χ0v) is 19.5. The molecule has 11 heteroatoms. The van der Waals surface area contributed by atoms with Crippen molar-refractivity contribution in [2.45, 2.75) is 11.8 Å². The first kappa shape index (κ1) is 23.6. The van der Waals surface area contributed by atoms with Gasteiger partial charge < -0.3 is 5.32 Å². The number of anilines is 3. The normalized spacial score (nSPS) is 11.6. The molecule has 3 aromatic rings. The molecule has 3 rings (SSSR count). The van der Waals surface area contributed by atoms with Crippen molar-refractivity contribution in [2.75, 3.05) is 21.0 Å². The zero-order chi connectivity index (χ0) is 23.5. The number of carbonyl (C=O) groups excluding carboxylic acids is 1. The van der Waals surface area contributed by atoms with Gasteiger partial charge in [0.25, 0.3) is 15.9 Å². The van der Waals surface area contributed by atoms with Gasteiger partial charge in [-0.1, -0.05) is 17.7 Å². The third-order valence-electron chi connectivity index (χ3n) is 4.30. The Bertz CT molecular complexity index is 1360. The molecule has 0 aliphatic rings. The fraction of sp³-hybridized carbons (Fsp3) is 0.0952. The number of carbonyl (C=O) groups is 1. The summed E-state index contributed by atoms with van der Waals surface area (Å²) in [4.78, 5) is 12.4. The lowest BCUT2D eigenvalue weighted by Crippen LogP contribution is -2.14. The molecule has 168 valence electrons. The molecule has 0 aliphatic heterocycles. The van der Waals surface area contributed by atoms with Gasteiger partial charge in [0.15, 0.2) is 0 Å². The van der Waals surface area contributed by atoms with Crippen molar-refractivity contribution in [1.82, 2.24) is 0 Å². The van der Waals surface area contributed by atoms with Gasteiger partial charge in [0, 0.05) is 22.0 Å². The molecule has 0 saturated carbocycles. The van der Waals surface area contributed by atoms with E-state index in [0.29, 0.717) is 27.6 Å². The molecule has 0 spiro atoms. The number of amides is 1. The van der Waals surface area contributed by atoms with Crippen LogP contribution in [0, 0.1) is 6.92 Å². The number of halogens is 1. The second-order valence-electron chi connectivity index (χ2n) is 7.00. The minimum Gasteiger partial charge on any atom is -0.322 e. The summed E-state index contributed by atoms with van der Waals surface area (Å²) in [6, 6.07) is 16.4. The van der Waals surface area contributed by atoms with E-state index in [-0.39, 0.29) is 4.90 Å². The highest BCUT2D eigenvalue weighted by Gasteiger charge is 2.15. The maximum absolute atomic E-state index is 12.6. The number of benzene rings is 3. The van der Waals surface area contributed by atoms with Crippen molar-refractivity contribution < 1.29 is 21.6 Å². The number of rotatable bonds is 7. The molecule has 0 unspecified atom stereocenters. The van der Waals surface area contributed by atoms with Gasteiger partial charge in [-0.3, -0.25) is 14.2 Å². The van der Waals surface area contributed by atoms with Gasteiger partial charge in [-0.05, 0) is 73.2 Å². The lowest BCUT2D eigenvalue weighted by atomic mass is 10.2. The van der Waals surface area contributed by atoms with Crippen molar-refractivity contribution >= 4 is 54.6 Å². The van der Waals surface area contributed by atoms with Gasteiger partial charge >= 0.3 is 0 Å². The van der Waals surface area contributed by atoms with Crippen LogP contribution in [0.15, 0.2) is 71.6 Å². The second kappa shape index (κ2) is 9.19. The van der Waals surface area contributed by atoms with Crippen LogP contribution in [0.1, 0.15) is 15.9 Å². The summed E-state index contributed by atoms with van der Waals surface area (Å²) in [6.45, 7) is 1.81. The number of sulfonamides is 2. The van der Waals surface area contributed by atoms with Crippen LogP contribution in [0.5, 0.6) is 0 Å². The van der Waals surface area contributed by atoms with E-state index in [1.807, 2.05) is 6.92 Å². The summed E-state index contributed by atoms with van der Waals surface area (Å²) < 4.78 is 52.5. The van der Waals surface area contributed by atoms with E-state index in [9.17, 15) is 21.6 Å². The molecular formula is C21H20ClN3O5S2. The highest BCUT2D eigenvalue weighted by molar-refractivity contribution is 7.92. The summed E-state index contributed by atoms with van der Waals surface area (Å²) in [5.41, 5.74) is 2.20. The van der Waals surface area contributed by atoms with Crippen LogP contribution < -0.4 is 14.8 Å². The maximum atomic E-state index is 12.6. The molecule has 0 bridgehead atoms. The number of aryl methyl sites for hydroxylation is 1. The molecule has 0 aromatic heterocycles. The quantitative estimate of drug-likeness (QED) is 0.458. The third kappa shape index (κ3) is 6.22. The minimum atomic E-state index is -3.84. The van der Waals surface area contributed by atoms with Crippen molar-refractivity contribution in [2.24, 2.45) is 0 Å². The van der Waals surface area contributed by atoms with Crippen LogP contribution in [0.4, 0.5) is 17.1 Å². The highest BCUT2D eigenvalue weighted by atomic mass is 35.5. The lowest BCUT2D eigenvalue weighted by molar-refractivity contribution is 0.102. The summed E-state index contributed by atoms with van der Waals surface area (Å²) in [6.07, 6.45) is 1.03. The van der Waals surface area contributed by atoms with Gasteiger partial charge in [-0.2, -0.15) is 0 Å². The Morgan fingerprint density at radius 1 is 0.781 bits per heavy atom. The largest absolute Gasteiger partial charge is 0.322 e. The van der Waals surface area contributed by atoms with E-state index in [4.69, 9.17) is 11.6 Å². The van der Waals surface area contributed by atoms with Crippen LogP contribution in [-0.2, 0) is 20.0 Å². The summed E-state index contributed by atoms with van der Waals surface area (Å²) in [5.74, 6) is -0.432. The van der Waals surface area contributed by atoms with E-state index in [2.05, 4.69) is 14.8 Å². The highest BCUT2D eigenvalue weighted by Crippen LogP contribution is 2.23. The van der Waals surface area contributed by atoms with E-state index in [1.165, 1.54) is 54.6 Å². The van der Waals surface area contributed by atoms with Gasteiger partial charge in [-0.15, -0.1) is 0 Å². The Kier molecular flexibility index (Phi) is 6.77. The van der Waals surface area contributed by atoms with Crippen LogP contribution in [0.25, 0.3) is 0 Å². The predicted octanol–water partition coefficient (Wildman–Crippen LogP) is 4.07. The van der Waals surface area contributed by atoms with Crippen molar-refractivity contribution in [3.05, 3.63) is 82.9 Å². The van der Waals surface area contributed by atoms with Crippen LogP contribution in [0.2, 0.25) is 5.02 Å². The van der Waals surface area contributed by atoms with Crippen molar-refractivity contribution in [1.29, 1.82) is 0 Å². The first-order valence-electron chi connectivity index (χ1n) is 9.21. The average Bonchev–Trinajstić information content (AvgIpc) is 2.70. The Morgan fingerprint density at radius 3 is 1.91 bits per heavy atom. The maximum Gasteiger partial charge on any atom is 0.261 e. The van der Waals surface area contributed by atoms with Crippen molar-refractivity contribution in [3.8, 4) is 0 Å². The van der Waals surface area contributed by atoms with Crippen molar-refractivity contribution in [3.63, 3.8) is 0 Å². The number of nitrogens with one attached hydrogen (secondary N) is 3. The topological polar surface area (TPSA) is 121 Å². The summed E-state index contributed by atoms with van der Waals surface area (Å²) in [7, 11) is -7.25. The summed E-state index contributed by atoms with van der Waals surface area (Å²) in [5, 5.41) is 3.11. The van der Waals surface area contributed by atoms with Gasteiger partial charge in [0.1, 0.15) is 0 Å². The van der Waals surface area contributed by atoms with Crippen LogP contribution >= 0.6 is 11.6 Å². The molecule has 0 radical (unpaired) electrons. The SMILES string of the molecule is Cc1ccc(NS(=O)(=O)c2ccc(NC(=O)c3ccc(NS(C)(=O)=O)cc3)cc2)cc1Cl. The van der Waals surface area contributed by atoms with Gasteiger partial charge in [-0.25, -0.2) is 16.8 Å². The Morgan fingerprint density at radius 2 is 1.34 bits per heavy atom. The fourth-order valence-corrected chi connectivity index (χ4v) is 4.49. The van der Waals surface area contributed by atoms with Gasteiger partial charge in [0.05, 0.1) is 16.8 Å². The molecule has 0 atom stereocenters. The molecule has 8 nitrogen and oxygen atoms in total. The Balaban J connectivity index is 1.68. The first-order valence-corrected chi connectivity index (χ1v) is 13.0. The standard InChI is InChI=1S/C21H20ClN3O5S2/c1-14-3-6-18(13-20(14)22)25-32(29,30)19-11-9-16(10-12-19)23-21(26)15-4-7-17(8-5-15)24-31(2,27)28/h3-13,24-25H,1-2H3,(H,23,26). The molecule has 0 aliphatic carbocycles. The first-order chi connectivity index (χ1) is 14.9. The molecule has 3 N–H and O–H groups in total. The number of hydrogen-bond donors (Lipinski definition) is 3. The van der Waals surface area contributed by atoms with Gasteiger partial charge in [0.2, 0.25) is 10.0 Å². The Hall–Kier alpha value is -3.08. The molecule has 3 aromatic carbocycles. The monoisotopic (exact) mass is 493 g/mol. The average molecular weight is 494 g/mol. The van der Waals surface area contributed by atoms with Crippen LogP contribution in [-0.4, -0.2) is 29.0 Å². The molecule has 0 saturated heterocycles.